The highest BCUT2D eigenvalue weighted by molar-refractivity contribution is 6.35. The molecule has 0 N–H and O–H groups in total. The third kappa shape index (κ3) is 1.98. The highest BCUT2D eigenvalue weighted by Crippen LogP contribution is 2.39. The second-order valence-corrected chi connectivity index (χ2v) is 5.56. The number of fused-ring (bicyclic) bond motifs is 2. The number of carbonyl (C=O) groups excluding carboxylic acids is 1. The SMILES string of the molecule is O=C(c1cccc([N+](=O)[O-])c1Cl)N1CC2CCC1C2. The number of halogens is 1. The van der Waals surface area contributed by atoms with Crippen LogP contribution in [-0.4, -0.2) is 28.3 Å². The molecule has 1 aromatic rings. The number of hydrogen-bond donors (Lipinski definition) is 0. The van der Waals surface area contributed by atoms with Gasteiger partial charge in [0.2, 0.25) is 0 Å². The van der Waals surface area contributed by atoms with Crippen molar-refractivity contribution in [3.05, 3.63) is 38.9 Å². The summed E-state index contributed by atoms with van der Waals surface area (Å²) in [7, 11) is 0. The Balaban J connectivity index is 1.92. The Kier molecular flexibility index (Phi) is 2.93. The summed E-state index contributed by atoms with van der Waals surface area (Å²) < 4.78 is 0. The Morgan fingerprint density at radius 2 is 2.21 bits per heavy atom. The van der Waals surface area contributed by atoms with Crippen molar-refractivity contribution in [1.29, 1.82) is 0 Å². The summed E-state index contributed by atoms with van der Waals surface area (Å²) in [6, 6.07) is 4.66. The molecule has 2 aliphatic rings. The number of piperidine rings is 1. The van der Waals surface area contributed by atoms with Crippen LogP contribution in [0.5, 0.6) is 0 Å². The first-order chi connectivity index (χ1) is 9.08. The van der Waals surface area contributed by atoms with E-state index in [-0.39, 0.29) is 28.2 Å². The average molecular weight is 281 g/mol. The molecule has 0 spiro atoms. The first-order valence-corrected chi connectivity index (χ1v) is 6.69. The second kappa shape index (κ2) is 4.49. The van der Waals surface area contributed by atoms with Crippen LogP contribution in [0.4, 0.5) is 5.69 Å². The molecule has 6 heteroatoms. The van der Waals surface area contributed by atoms with Crippen molar-refractivity contribution in [2.45, 2.75) is 25.3 Å². The largest absolute Gasteiger partial charge is 0.335 e. The summed E-state index contributed by atoms with van der Waals surface area (Å²) >= 11 is 5.99. The molecule has 1 aromatic carbocycles. The van der Waals surface area contributed by atoms with Crippen LogP contribution < -0.4 is 0 Å². The molecule has 0 radical (unpaired) electrons. The number of amides is 1. The summed E-state index contributed by atoms with van der Waals surface area (Å²) in [5.41, 5.74) is 0.0280. The van der Waals surface area contributed by atoms with Gasteiger partial charge in [0.1, 0.15) is 5.02 Å². The Morgan fingerprint density at radius 3 is 2.79 bits per heavy atom. The number of nitrogens with zero attached hydrogens (tertiary/aromatic N) is 2. The van der Waals surface area contributed by atoms with Gasteiger partial charge < -0.3 is 4.90 Å². The molecule has 1 amide bonds. The fraction of sp³-hybridized carbons (Fsp3) is 0.462. The van der Waals surface area contributed by atoms with Crippen LogP contribution in [0.3, 0.4) is 0 Å². The second-order valence-electron chi connectivity index (χ2n) is 5.19. The first kappa shape index (κ1) is 12.4. The highest BCUT2D eigenvalue weighted by atomic mass is 35.5. The number of likely N-dealkylation sites (tertiary alicyclic amines) is 1. The Hall–Kier alpha value is -1.62. The van der Waals surface area contributed by atoms with E-state index in [4.69, 9.17) is 11.6 Å². The van der Waals surface area contributed by atoms with E-state index in [1.165, 1.54) is 18.6 Å². The molecule has 1 saturated heterocycles. The molecule has 19 heavy (non-hydrogen) atoms. The zero-order valence-corrected chi connectivity index (χ0v) is 11.0. The Bertz CT molecular complexity index is 561. The monoisotopic (exact) mass is 280 g/mol. The van der Waals surface area contributed by atoms with Gasteiger partial charge in [0.25, 0.3) is 11.6 Å². The third-order valence-electron chi connectivity index (χ3n) is 4.08. The van der Waals surface area contributed by atoms with Gasteiger partial charge in [-0.3, -0.25) is 14.9 Å². The van der Waals surface area contributed by atoms with Crippen LogP contribution in [0.25, 0.3) is 0 Å². The lowest BCUT2D eigenvalue weighted by molar-refractivity contribution is -0.384. The number of hydrogen-bond acceptors (Lipinski definition) is 3. The summed E-state index contributed by atoms with van der Waals surface area (Å²) in [6.45, 7) is 0.753. The maximum absolute atomic E-state index is 12.5. The molecule has 100 valence electrons. The predicted molar refractivity (Wildman–Crippen MR) is 70.3 cm³/mol. The van der Waals surface area contributed by atoms with Crippen LogP contribution in [-0.2, 0) is 0 Å². The van der Waals surface area contributed by atoms with Gasteiger partial charge in [0, 0.05) is 18.7 Å². The van der Waals surface area contributed by atoms with E-state index in [1.54, 1.807) is 6.07 Å². The average Bonchev–Trinajstić information content (AvgIpc) is 3.00. The van der Waals surface area contributed by atoms with Gasteiger partial charge in [-0.05, 0) is 31.2 Å². The lowest BCUT2D eigenvalue weighted by Gasteiger charge is -2.27. The quantitative estimate of drug-likeness (QED) is 0.618. The third-order valence-corrected chi connectivity index (χ3v) is 4.47. The topological polar surface area (TPSA) is 63.4 Å². The molecule has 1 heterocycles. The molecular weight excluding hydrogens is 268 g/mol. The van der Waals surface area contributed by atoms with Crippen LogP contribution in [0.15, 0.2) is 18.2 Å². The molecule has 1 aliphatic carbocycles. The van der Waals surface area contributed by atoms with Crippen LogP contribution in [0, 0.1) is 16.0 Å². The maximum Gasteiger partial charge on any atom is 0.288 e. The van der Waals surface area contributed by atoms with E-state index in [0.717, 1.165) is 19.4 Å². The lowest BCUT2D eigenvalue weighted by atomic mass is 10.1. The fourth-order valence-electron chi connectivity index (χ4n) is 3.15. The maximum atomic E-state index is 12.5. The van der Waals surface area contributed by atoms with Gasteiger partial charge >= 0.3 is 0 Å². The zero-order valence-electron chi connectivity index (χ0n) is 10.2. The van der Waals surface area contributed by atoms with Gasteiger partial charge in [-0.25, -0.2) is 0 Å². The van der Waals surface area contributed by atoms with Crippen molar-refractivity contribution in [2.24, 2.45) is 5.92 Å². The minimum Gasteiger partial charge on any atom is -0.335 e. The molecule has 2 fully saturated rings. The molecule has 1 aliphatic heterocycles. The first-order valence-electron chi connectivity index (χ1n) is 6.32. The van der Waals surface area contributed by atoms with Gasteiger partial charge in [0.05, 0.1) is 10.5 Å². The molecule has 1 saturated carbocycles. The van der Waals surface area contributed by atoms with E-state index in [0.29, 0.717) is 5.92 Å². The highest BCUT2D eigenvalue weighted by Gasteiger charge is 2.41. The smallest absolute Gasteiger partial charge is 0.288 e. The van der Waals surface area contributed by atoms with E-state index in [1.807, 2.05) is 4.90 Å². The Labute approximate surface area is 115 Å². The minimum absolute atomic E-state index is 0.0553. The predicted octanol–water partition coefficient (Wildman–Crippen LogP) is 2.87. The minimum atomic E-state index is -0.560. The standard InChI is InChI=1S/C13H13ClN2O3/c14-12-10(2-1-3-11(12)16(18)19)13(17)15-7-8-4-5-9(15)6-8/h1-3,8-9H,4-7H2. The number of nitro groups is 1. The van der Waals surface area contributed by atoms with Gasteiger partial charge in [-0.15, -0.1) is 0 Å². The van der Waals surface area contributed by atoms with Crippen LogP contribution >= 0.6 is 11.6 Å². The molecule has 5 nitrogen and oxygen atoms in total. The van der Waals surface area contributed by atoms with Crippen molar-refractivity contribution in [2.75, 3.05) is 6.54 Å². The Morgan fingerprint density at radius 1 is 1.42 bits per heavy atom. The van der Waals surface area contributed by atoms with Gasteiger partial charge in [-0.2, -0.15) is 0 Å². The number of benzene rings is 1. The normalized spacial score (nSPS) is 24.8. The van der Waals surface area contributed by atoms with Gasteiger partial charge in [0.15, 0.2) is 0 Å². The summed E-state index contributed by atoms with van der Waals surface area (Å²) in [5.74, 6) is 0.410. The van der Waals surface area contributed by atoms with E-state index in [2.05, 4.69) is 0 Å². The van der Waals surface area contributed by atoms with Crippen molar-refractivity contribution in [3.8, 4) is 0 Å². The number of rotatable bonds is 2. The van der Waals surface area contributed by atoms with Crippen molar-refractivity contribution in [1.82, 2.24) is 4.90 Å². The van der Waals surface area contributed by atoms with Gasteiger partial charge in [-0.1, -0.05) is 17.7 Å². The number of carbonyl (C=O) groups is 1. The fourth-order valence-corrected chi connectivity index (χ4v) is 3.43. The molecule has 2 atom stereocenters. The summed E-state index contributed by atoms with van der Waals surface area (Å²) in [5, 5.41) is 10.8. The molecule has 2 unspecified atom stereocenters. The van der Waals surface area contributed by atoms with Crippen molar-refractivity contribution >= 4 is 23.2 Å². The molecule has 3 rings (SSSR count). The van der Waals surface area contributed by atoms with Crippen molar-refractivity contribution in [3.63, 3.8) is 0 Å². The van der Waals surface area contributed by atoms with E-state index in [9.17, 15) is 14.9 Å². The van der Waals surface area contributed by atoms with Crippen molar-refractivity contribution < 1.29 is 9.72 Å². The molecule has 2 bridgehead atoms. The summed E-state index contributed by atoms with van der Waals surface area (Å²) in [6.07, 6.45) is 3.26. The van der Waals surface area contributed by atoms with Crippen LogP contribution in [0.2, 0.25) is 5.02 Å². The van der Waals surface area contributed by atoms with Crippen LogP contribution in [0.1, 0.15) is 29.6 Å². The molecular formula is C13H13ClN2O3. The van der Waals surface area contributed by atoms with E-state index < -0.39 is 4.92 Å². The number of nitro benzene ring substituents is 1. The summed E-state index contributed by atoms with van der Waals surface area (Å²) in [4.78, 5) is 24.6. The van der Waals surface area contributed by atoms with E-state index >= 15 is 0 Å². The zero-order chi connectivity index (χ0) is 13.6. The molecule has 0 aromatic heterocycles. The lowest BCUT2D eigenvalue weighted by Crippen LogP contribution is -2.37.